The van der Waals surface area contributed by atoms with Crippen LogP contribution >= 0.6 is 34.2 Å². The molecule has 0 saturated carbocycles. The Morgan fingerprint density at radius 3 is 3.06 bits per heavy atom. The Balaban J connectivity index is 2.17. The molecule has 1 heterocycles. The zero-order chi connectivity index (χ0) is 13.1. The second-order valence-electron chi connectivity index (χ2n) is 4.79. The SMILES string of the molecule is CCC1CCCN(C(=O)c2cc(Cl)ccc2I)C1. The van der Waals surface area contributed by atoms with Gasteiger partial charge in [-0.3, -0.25) is 4.79 Å². The van der Waals surface area contributed by atoms with Gasteiger partial charge < -0.3 is 4.90 Å². The highest BCUT2D eigenvalue weighted by Crippen LogP contribution is 2.24. The number of carbonyl (C=O) groups is 1. The van der Waals surface area contributed by atoms with E-state index in [0.717, 1.165) is 35.1 Å². The molecule has 1 atom stereocenters. The van der Waals surface area contributed by atoms with E-state index in [1.165, 1.54) is 6.42 Å². The van der Waals surface area contributed by atoms with E-state index in [2.05, 4.69) is 29.5 Å². The smallest absolute Gasteiger partial charge is 0.254 e. The van der Waals surface area contributed by atoms with Crippen molar-refractivity contribution in [1.29, 1.82) is 0 Å². The first kappa shape index (κ1) is 14.1. The molecule has 0 radical (unpaired) electrons. The molecule has 0 spiro atoms. The second-order valence-corrected chi connectivity index (χ2v) is 6.39. The van der Waals surface area contributed by atoms with Crippen molar-refractivity contribution in [3.05, 3.63) is 32.4 Å². The first-order valence-electron chi connectivity index (χ1n) is 6.36. The molecule has 1 aliphatic heterocycles. The number of rotatable bonds is 2. The van der Waals surface area contributed by atoms with Crippen molar-refractivity contribution in [2.45, 2.75) is 26.2 Å². The van der Waals surface area contributed by atoms with Crippen molar-refractivity contribution < 1.29 is 4.79 Å². The van der Waals surface area contributed by atoms with Gasteiger partial charge in [-0.2, -0.15) is 0 Å². The average Bonchev–Trinajstić information content (AvgIpc) is 2.41. The quantitative estimate of drug-likeness (QED) is 0.707. The van der Waals surface area contributed by atoms with Crippen molar-refractivity contribution in [2.75, 3.05) is 13.1 Å². The number of likely N-dealkylation sites (tertiary alicyclic amines) is 1. The zero-order valence-corrected chi connectivity index (χ0v) is 13.4. The highest BCUT2D eigenvalue weighted by atomic mass is 127. The Kier molecular flexibility index (Phi) is 4.90. The molecule has 1 amide bonds. The number of carbonyl (C=O) groups excluding carboxylic acids is 1. The summed E-state index contributed by atoms with van der Waals surface area (Å²) in [6, 6.07) is 5.50. The Morgan fingerprint density at radius 1 is 1.56 bits per heavy atom. The number of hydrogen-bond donors (Lipinski definition) is 0. The van der Waals surface area contributed by atoms with Gasteiger partial charge in [-0.25, -0.2) is 0 Å². The maximum atomic E-state index is 12.5. The van der Waals surface area contributed by atoms with Gasteiger partial charge in [0.2, 0.25) is 0 Å². The highest BCUT2D eigenvalue weighted by molar-refractivity contribution is 14.1. The van der Waals surface area contributed by atoms with Crippen LogP contribution in [-0.4, -0.2) is 23.9 Å². The molecule has 1 aliphatic rings. The second kappa shape index (κ2) is 6.24. The molecule has 0 aromatic heterocycles. The fourth-order valence-electron chi connectivity index (χ4n) is 2.41. The fraction of sp³-hybridized carbons (Fsp3) is 0.500. The molecule has 0 N–H and O–H groups in total. The molecule has 1 fully saturated rings. The molecule has 98 valence electrons. The highest BCUT2D eigenvalue weighted by Gasteiger charge is 2.24. The minimum atomic E-state index is 0.125. The minimum absolute atomic E-state index is 0.125. The van der Waals surface area contributed by atoms with E-state index < -0.39 is 0 Å². The lowest BCUT2D eigenvalue weighted by Gasteiger charge is -2.32. The summed E-state index contributed by atoms with van der Waals surface area (Å²) < 4.78 is 0.973. The van der Waals surface area contributed by atoms with Gasteiger partial charge in [0.05, 0.1) is 5.56 Å². The summed E-state index contributed by atoms with van der Waals surface area (Å²) in [6.45, 7) is 3.96. The molecule has 1 saturated heterocycles. The summed E-state index contributed by atoms with van der Waals surface area (Å²) in [5.41, 5.74) is 0.736. The predicted octanol–water partition coefficient (Wildman–Crippen LogP) is 4.21. The van der Waals surface area contributed by atoms with Gasteiger partial charge in [0, 0.05) is 21.7 Å². The third kappa shape index (κ3) is 3.18. The van der Waals surface area contributed by atoms with Crippen molar-refractivity contribution in [2.24, 2.45) is 5.92 Å². The van der Waals surface area contributed by atoms with E-state index in [9.17, 15) is 4.79 Å². The van der Waals surface area contributed by atoms with Crippen molar-refractivity contribution in [3.63, 3.8) is 0 Å². The number of amides is 1. The molecule has 2 rings (SSSR count). The van der Waals surface area contributed by atoms with Crippen LogP contribution in [0.4, 0.5) is 0 Å². The normalized spacial score (nSPS) is 19.9. The van der Waals surface area contributed by atoms with E-state index in [1.807, 2.05) is 17.0 Å². The van der Waals surface area contributed by atoms with E-state index in [4.69, 9.17) is 11.6 Å². The lowest BCUT2D eigenvalue weighted by atomic mass is 9.95. The Hall–Kier alpha value is -0.290. The van der Waals surface area contributed by atoms with Gasteiger partial charge in [0.15, 0.2) is 0 Å². The van der Waals surface area contributed by atoms with E-state index in [-0.39, 0.29) is 5.91 Å². The monoisotopic (exact) mass is 377 g/mol. The minimum Gasteiger partial charge on any atom is -0.338 e. The summed E-state index contributed by atoms with van der Waals surface area (Å²) in [5, 5.41) is 0.628. The third-order valence-electron chi connectivity index (χ3n) is 3.54. The molecule has 1 aromatic rings. The van der Waals surface area contributed by atoms with Gasteiger partial charge >= 0.3 is 0 Å². The van der Waals surface area contributed by atoms with Crippen LogP contribution in [0, 0.1) is 9.49 Å². The third-order valence-corrected chi connectivity index (χ3v) is 4.72. The summed E-state index contributed by atoms with van der Waals surface area (Å²) >= 11 is 8.18. The first-order chi connectivity index (χ1) is 8.61. The van der Waals surface area contributed by atoms with E-state index in [1.54, 1.807) is 6.07 Å². The van der Waals surface area contributed by atoms with Crippen LogP contribution in [0.15, 0.2) is 18.2 Å². The lowest BCUT2D eigenvalue weighted by molar-refractivity contribution is 0.0670. The molecule has 1 aromatic carbocycles. The zero-order valence-electron chi connectivity index (χ0n) is 10.5. The van der Waals surface area contributed by atoms with Gasteiger partial charge in [-0.05, 0) is 59.5 Å². The molecule has 0 bridgehead atoms. The van der Waals surface area contributed by atoms with Crippen LogP contribution in [0.1, 0.15) is 36.5 Å². The van der Waals surface area contributed by atoms with Crippen molar-refractivity contribution in [1.82, 2.24) is 4.90 Å². The van der Waals surface area contributed by atoms with Gasteiger partial charge in [0.25, 0.3) is 5.91 Å². The molecule has 18 heavy (non-hydrogen) atoms. The molecular formula is C14H17ClINO. The number of benzene rings is 1. The van der Waals surface area contributed by atoms with Crippen molar-refractivity contribution >= 4 is 40.1 Å². The van der Waals surface area contributed by atoms with Crippen LogP contribution in [-0.2, 0) is 0 Å². The van der Waals surface area contributed by atoms with Crippen LogP contribution < -0.4 is 0 Å². The fourth-order valence-corrected chi connectivity index (χ4v) is 3.15. The number of nitrogens with zero attached hydrogens (tertiary/aromatic N) is 1. The van der Waals surface area contributed by atoms with Crippen LogP contribution in [0.2, 0.25) is 5.02 Å². The Morgan fingerprint density at radius 2 is 2.33 bits per heavy atom. The number of piperidine rings is 1. The average molecular weight is 378 g/mol. The van der Waals surface area contributed by atoms with Crippen LogP contribution in [0.25, 0.3) is 0 Å². The predicted molar refractivity (Wildman–Crippen MR) is 83.1 cm³/mol. The molecule has 4 heteroatoms. The Bertz CT molecular complexity index is 449. The standard InChI is InChI=1S/C14H17ClINO/c1-2-10-4-3-7-17(9-10)14(18)12-8-11(15)5-6-13(12)16/h5-6,8,10H,2-4,7,9H2,1H3. The van der Waals surface area contributed by atoms with Gasteiger partial charge in [0.1, 0.15) is 0 Å². The summed E-state index contributed by atoms with van der Waals surface area (Å²) in [6.07, 6.45) is 3.50. The molecule has 0 aliphatic carbocycles. The van der Waals surface area contributed by atoms with Gasteiger partial charge in [-0.15, -0.1) is 0 Å². The molecule has 2 nitrogen and oxygen atoms in total. The first-order valence-corrected chi connectivity index (χ1v) is 7.81. The van der Waals surface area contributed by atoms with Crippen LogP contribution in [0.5, 0.6) is 0 Å². The number of halogens is 2. The summed E-state index contributed by atoms with van der Waals surface area (Å²) in [5.74, 6) is 0.777. The Labute approximate surface area is 127 Å². The summed E-state index contributed by atoms with van der Waals surface area (Å²) in [4.78, 5) is 14.5. The van der Waals surface area contributed by atoms with E-state index in [0.29, 0.717) is 10.9 Å². The van der Waals surface area contributed by atoms with Crippen LogP contribution in [0.3, 0.4) is 0 Å². The molecule has 1 unspecified atom stereocenters. The van der Waals surface area contributed by atoms with Gasteiger partial charge in [-0.1, -0.05) is 24.9 Å². The topological polar surface area (TPSA) is 20.3 Å². The van der Waals surface area contributed by atoms with E-state index >= 15 is 0 Å². The maximum Gasteiger partial charge on any atom is 0.254 e. The molecular weight excluding hydrogens is 361 g/mol. The summed E-state index contributed by atoms with van der Waals surface area (Å²) in [7, 11) is 0. The number of hydrogen-bond acceptors (Lipinski definition) is 1. The maximum absolute atomic E-state index is 12.5. The van der Waals surface area contributed by atoms with Crippen molar-refractivity contribution in [3.8, 4) is 0 Å². The lowest BCUT2D eigenvalue weighted by Crippen LogP contribution is -2.40. The largest absolute Gasteiger partial charge is 0.338 e.